The molecule has 4 aliphatic heterocycles. The lowest BCUT2D eigenvalue weighted by Crippen LogP contribution is -2.47. The van der Waals surface area contributed by atoms with Crippen molar-refractivity contribution in [1.29, 1.82) is 0 Å². The van der Waals surface area contributed by atoms with Gasteiger partial charge in [-0.1, -0.05) is 0 Å². The Morgan fingerprint density at radius 3 is 2.47 bits per heavy atom. The lowest BCUT2D eigenvalue weighted by Gasteiger charge is -2.38. The first kappa shape index (κ1) is 22.5. The number of benzene rings is 1. The van der Waals surface area contributed by atoms with E-state index in [-0.39, 0.29) is 16.2 Å². The third-order valence-corrected chi connectivity index (χ3v) is 9.59. The number of halogens is 2. The third kappa shape index (κ3) is 4.27. The normalized spacial score (nSPS) is 31.3. The first-order valence-corrected chi connectivity index (χ1v) is 12.7. The van der Waals surface area contributed by atoms with Crippen molar-refractivity contribution < 1.29 is 31.4 Å². The zero-order chi connectivity index (χ0) is 22.4. The summed E-state index contributed by atoms with van der Waals surface area (Å²) in [6.45, 7) is 2.43. The Kier molecular flexibility index (Phi) is 5.94. The summed E-state index contributed by atoms with van der Waals surface area (Å²) in [5.41, 5.74) is 0.0661. The summed E-state index contributed by atoms with van der Waals surface area (Å²) in [5, 5.41) is 0. The Morgan fingerprint density at radius 1 is 1.06 bits per heavy atom. The molecule has 5 rings (SSSR count). The fourth-order valence-corrected chi connectivity index (χ4v) is 7.17. The van der Waals surface area contributed by atoms with Crippen molar-refractivity contribution in [3.63, 3.8) is 0 Å². The second-order valence-electron chi connectivity index (χ2n) is 9.63. The maximum atomic E-state index is 13.0. The Labute approximate surface area is 187 Å². The molecule has 0 saturated carbocycles. The van der Waals surface area contributed by atoms with E-state index in [0.29, 0.717) is 44.0 Å². The van der Waals surface area contributed by atoms with E-state index in [1.807, 2.05) is 0 Å². The molecule has 0 unspecified atom stereocenters. The van der Waals surface area contributed by atoms with Gasteiger partial charge in [0.15, 0.2) is 0 Å². The maximum absolute atomic E-state index is 13.0. The minimum Gasteiger partial charge on any atom is -0.435 e. The molecule has 0 radical (unpaired) electrons. The van der Waals surface area contributed by atoms with Crippen molar-refractivity contribution in [2.75, 3.05) is 46.0 Å². The summed E-state index contributed by atoms with van der Waals surface area (Å²) in [5.74, 6) is -0.0604. The maximum Gasteiger partial charge on any atom is 0.387 e. The van der Waals surface area contributed by atoms with Crippen molar-refractivity contribution >= 4 is 10.0 Å². The molecule has 0 aromatic heterocycles. The highest BCUT2D eigenvalue weighted by Gasteiger charge is 2.49. The van der Waals surface area contributed by atoms with Crippen LogP contribution in [0, 0.1) is 5.41 Å². The summed E-state index contributed by atoms with van der Waals surface area (Å²) < 4.78 is 68.4. The van der Waals surface area contributed by atoms with Gasteiger partial charge in [-0.15, -0.1) is 0 Å². The highest BCUT2D eigenvalue weighted by atomic mass is 32.2. The van der Waals surface area contributed by atoms with Crippen LogP contribution < -0.4 is 4.74 Å². The molecule has 4 fully saturated rings. The van der Waals surface area contributed by atoms with Gasteiger partial charge in [0.2, 0.25) is 10.0 Å². The van der Waals surface area contributed by atoms with Crippen molar-refractivity contribution in [3.8, 4) is 5.75 Å². The summed E-state index contributed by atoms with van der Waals surface area (Å²) >= 11 is 0. The predicted octanol–water partition coefficient (Wildman–Crippen LogP) is 2.71. The van der Waals surface area contributed by atoms with Crippen molar-refractivity contribution in [3.05, 3.63) is 24.3 Å². The molecule has 1 aromatic carbocycles. The molecule has 0 N–H and O–H groups in total. The Bertz CT molecular complexity index is 913. The molecule has 2 spiro atoms. The number of piperidine rings is 1. The number of likely N-dealkylation sites (tertiary alicyclic amines) is 1. The fraction of sp³-hybridized carbons (Fsp3) is 0.727. The van der Waals surface area contributed by atoms with Crippen LogP contribution in [0.15, 0.2) is 29.2 Å². The van der Waals surface area contributed by atoms with Crippen LogP contribution in [0.3, 0.4) is 0 Å². The minimum atomic E-state index is -3.69. The van der Waals surface area contributed by atoms with Crippen molar-refractivity contribution in [1.82, 2.24) is 9.21 Å². The largest absolute Gasteiger partial charge is 0.435 e. The third-order valence-electron chi connectivity index (χ3n) is 7.68. The molecule has 4 heterocycles. The minimum absolute atomic E-state index is 0.0604. The highest BCUT2D eigenvalue weighted by Crippen LogP contribution is 2.44. The summed E-state index contributed by atoms with van der Waals surface area (Å²) in [6.07, 6.45) is 4.60. The van der Waals surface area contributed by atoms with Gasteiger partial charge in [-0.25, -0.2) is 8.42 Å². The number of sulfonamides is 1. The number of alkyl halides is 2. The van der Waals surface area contributed by atoms with Crippen molar-refractivity contribution in [2.45, 2.75) is 55.3 Å². The van der Waals surface area contributed by atoms with Crippen LogP contribution in [0.25, 0.3) is 0 Å². The summed E-state index contributed by atoms with van der Waals surface area (Å²) in [7, 11) is -3.69. The van der Waals surface area contributed by atoms with Gasteiger partial charge < -0.3 is 14.2 Å². The lowest BCUT2D eigenvalue weighted by atomic mass is 9.86. The first-order chi connectivity index (χ1) is 15.3. The Hall–Kier alpha value is -1.33. The molecule has 0 amide bonds. The SMILES string of the molecule is O=S(=O)(c1ccc(OC(F)F)cc1)N1CCC2(CC1)C[C@H](N1CC[C@]3(CCOC3)C1)CO2. The molecule has 7 nitrogen and oxygen atoms in total. The monoisotopic (exact) mass is 472 g/mol. The molecule has 178 valence electrons. The first-order valence-electron chi connectivity index (χ1n) is 11.3. The summed E-state index contributed by atoms with van der Waals surface area (Å²) in [6, 6.07) is 5.53. The zero-order valence-electron chi connectivity index (χ0n) is 18.0. The molecule has 0 bridgehead atoms. The van der Waals surface area contributed by atoms with E-state index in [4.69, 9.17) is 9.47 Å². The number of ether oxygens (including phenoxy) is 3. The van der Waals surface area contributed by atoms with Crippen LogP contribution in [-0.4, -0.2) is 81.9 Å². The van der Waals surface area contributed by atoms with Gasteiger partial charge in [-0.3, -0.25) is 4.90 Å². The van der Waals surface area contributed by atoms with Gasteiger partial charge in [0.05, 0.1) is 23.7 Å². The predicted molar refractivity (Wildman–Crippen MR) is 112 cm³/mol. The molecular formula is C22H30F2N2O5S. The van der Waals surface area contributed by atoms with E-state index < -0.39 is 16.6 Å². The quantitative estimate of drug-likeness (QED) is 0.657. The average Bonchev–Trinajstić information content (AvgIpc) is 3.50. The number of nitrogens with zero attached hydrogens (tertiary/aromatic N) is 2. The molecule has 10 heteroatoms. The van der Waals surface area contributed by atoms with Gasteiger partial charge in [-0.2, -0.15) is 13.1 Å². The number of hydrogen-bond acceptors (Lipinski definition) is 6. The van der Waals surface area contributed by atoms with Crippen LogP contribution in [0.5, 0.6) is 5.75 Å². The van der Waals surface area contributed by atoms with Gasteiger partial charge in [0.1, 0.15) is 5.75 Å². The standard InChI is InChI=1S/C22H30F2N2O5S/c23-20(24)31-18-1-3-19(4-2-18)32(27,28)26-10-6-22(7-11-26)13-17(14-30-22)25-9-5-21(15-25)8-12-29-16-21/h1-4,17,20H,5-16H2/t17-,21-/m0/s1. The van der Waals surface area contributed by atoms with E-state index in [1.54, 1.807) is 0 Å². The Morgan fingerprint density at radius 2 is 1.81 bits per heavy atom. The topological polar surface area (TPSA) is 68.3 Å². The second-order valence-corrected chi connectivity index (χ2v) is 11.6. The van der Waals surface area contributed by atoms with Crippen LogP contribution in [0.4, 0.5) is 8.78 Å². The summed E-state index contributed by atoms with van der Waals surface area (Å²) in [4.78, 5) is 2.64. The van der Waals surface area contributed by atoms with Crippen LogP contribution in [0.1, 0.15) is 32.1 Å². The average molecular weight is 473 g/mol. The van der Waals surface area contributed by atoms with Crippen LogP contribution in [0.2, 0.25) is 0 Å². The van der Waals surface area contributed by atoms with Gasteiger partial charge in [0.25, 0.3) is 0 Å². The molecule has 32 heavy (non-hydrogen) atoms. The molecule has 4 saturated heterocycles. The van der Waals surface area contributed by atoms with Crippen molar-refractivity contribution in [2.24, 2.45) is 5.41 Å². The molecular weight excluding hydrogens is 442 g/mol. The van der Waals surface area contributed by atoms with E-state index in [0.717, 1.165) is 39.1 Å². The van der Waals surface area contributed by atoms with E-state index in [2.05, 4.69) is 9.64 Å². The van der Waals surface area contributed by atoms with Crippen LogP contribution >= 0.6 is 0 Å². The molecule has 0 aliphatic carbocycles. The molecule has 2 atom stereocenters. The van der Waals surface area contributed by atoms with Gasteiger partial charge in [0, 0.05) is 37.7 Å². The number of rotatable bonds is 5. The number of hydrogen-bond donors (Lipinski definition) is 0. The molecule has 4 aliphatic rings. The van der Waals surface area contributed by atoms with E-state index in [1.165, 1.54) is 35.0 Å². The highest BCUT2D eigenvalue weighted by molar-refractivity contribution is 7.89. The van der Waals surface area contributed by atoms with Crippen LogP contribution in [-0.2, 0) is 19.5 Å². The fourth-order valence-electron chi connectivity index (χ4n) is 5.73. The van der Waals surface area contributed by atoms with E-state index in [9.17, 15) is 17.2 Å². The van der Waals surface area contributed by atoms with Gasteiger partial charge >= 0.3 is 6.61 Å². The smallest absolute Gasteiger partial charge is 0.387 e. The van der Waals surface area contributed by atoms with E-state index >= 15 is 0 Å². The zero-order valence-corrected chi connectivity index (χ0v) is 18.9. The van der Waals surface area contributed by atoms with Gasteiger partial charge in [-0.05, 0) is 62.9 Å². The molecule has 1 aromatic rings. The second kappa shape index (κ2) is 8.47. The lowest BCUT2D eigenvalue weighted by molar-refractivity contribution is -0.0498. The Balaban J connectivity index is 1.18.